The van der Waals surface area contributed by atoms with Crippen molar-refractivity contribution >= 4 is 23.2 Å². The van der Waals surface area contributed by atoms with E-state index in [-0.39, 0.29) is 0 Å². The zero-order chi connectivity index (χ0) is 10.6. The second-order valence-corrected chi connectivity index (χ2v) is 5.51. The number of hydrogen-bond acceptors (Lipinski definition) is 1. The molecule has 1 nitrogen and oxygen atoms in total. The molecule has 1 saturated carbocycles. The Morgan fingerprint density at radius 3 is 2.73 bits per heavy atom. The fourth-order valence-electron chi connectivity index (χ4n) is 3.18. The average molecular weight is 242 g/mol. The molecule has 1 aliphatic heterocycles. The van der Waals surface area contributed by atoms with Gasteiger partial charge in [0.05, 0.1) is 10.0 Å². The second-order valence-electron chi connectivity index (χ2n) is 4.70. The number of rotatable bonds is 1. The third kappa shape index (κ3) is 1.20. The molecule has 3 rings (SSSR count). The van der Waals surface area contributed by atoms with Gasteiger partial charge in [-0.3, -0.25) is 0 Å². The van der Waals surface area contributed by atoms with Gasteiger partial charge in [-0.05, 0) is 36.1 Å². The number of hydrogen-bond donors (Lipinski definition) is 1. The van der Waals surface area contributed by atoms with Crippen molar-refractivity contribution in [1.82, 2.24) is 5.32 Å². The van der Waals surface area contributed by atoms with E-state index in [1.54, 1.807) is 0 Å². The maximum Gasteiger partial charge on any atom is 0.0595 e. The number of benzene rings is 1. The summed E-state index contributed by atoms with van der Waals surface area (Å²) in [6.07, 6.45) is 0. The fraction of sp³-hybridized carbons (Fsp3) is 0.500. The standard InChI is InChI=1S/C12H13Cl2N/c1-7-9-5-15-6-12(7,9)8-2-3-10(13)11(14)4-8/h2-4,7,9,15H,5-6H2,1H3/t7-,9+,12-/m1/s1. The van der Waals surface area contributed by atoms with Crippen molar-refractivity contribution in [3.63, 3.8) is 0 Å². The van der Waals surface area contributed by atoms with Gasteiger partial charge >= 0.3 is 0 Å². The second kappa shape index (κ2) is 3.13. The summed E-state index contributed by atoms with van der Waals surface area (Å²) >= 11 is 12.0. The minimum absolute atomic E-state index is 0.341. The maximum atomic E-state index is 6.07. The lowest BCUT2D eigenvalue weighted by Gasteiger charge is -2.15. The SMILES string of the molecule is C[C@@H]1[C@@H]2CNC[C@]12c1ccc(Cl)c(Cl)c1. The van der Waals surface area contributed by atoms with Crippen molar-refractivity contribution in [1.29, 1.82) is 0 Å². The largest absolute Gasteiger partial charge is 0.316 e. The van der Waals surface area contributed by atoms with Gasteiger partial charge in [-0.2, -0.15) is 0 Å². The molecule has 0 spiro atoms. The summed E-state index contributed by atoms with van der Waals surface area (Å²) in [5.74, 6) is 1.56. The molecule has 1 saturated heterocycles. The summed E-state index contributed by atoms with van der Waals surface area (Å²) in [4.78, 5) is 0. The molecule has 1 aromatic rings. The number of nitrogens with one attached hydrogen (secondary N) is 1. The maximum absolute atomic E-state index is 6.07. The molecule has 1 aliphatic carbocycles. The van der Waals surface area contributed by atoms with Crippen LogP contribution in [-0.4, -0.2) is 13.1 Å². The lowest BCUT2D eigenvalue weighted by molar-refractivity contribution is 0.591. The smallest absolute Gasteiger partial charge is 0.0595 e. The van der Waals surface area contributed by atoms with Crippen molar-refractivity contribution in [3.05, 3.63) is 33.8 Å². The Labute approximate surface area is 99.8 Å². The van der Waals surface area contributed by atoms with Crippen LogP contribution < -0.4 is 5.32 Å². The molecule has 80 valence electrons. The zero-order valence-corrected chi connectivity index (χ0v) is 10.1. The van der Waals surface area contributed by atoms with Gasteiger partial charge in [-0.25, -0.2) is 0 Å². The molecule has 2 aliphatic rings. The number of halogens is 2. The zero-order valence-electron chi connectivity index (χ0n) is 8.56. The molecule has 1 N–H and O–H groups in total. The van der Waals surface area contributed by atoms with E-state index in [9.17, 15) is 0 Å². The van der Waals surface area contributed by atoms with Gasteiger partial charge in [0.25, 0.3) is 0 Å². The Hall–Kier alpha value is -0.240. The van der Waals surface area contributed by atoms with E-state index in [4.69, 9.17) is 23.2 Å². The number of piperidine rings is 1. The first kappa shape index (κ1) is 9.95. The summed E-state index contributed by atoms with van der Waals surface area (Å²) < 4.78 is 0. The van der Waals surface area contributed by atoms with Crippen LogP contribution in [0.15, 0.2) is 18.2 Å². The third-order valence-electron chi connectivity index (χ3n) is 4.21. The van der Waals surface area contributed by atoms with Gasteiger partial charge in [0, 0.05) is 12.0 Å². The van der Waals surface area contributed by atoms with Crippen LogP contribution in [0.5, 0.6) is 0 Å². The molecule has 0 unspecified atom stereocenters. The molecule has 3 atom stereocenters. The highest BCUT2D eigenvalue weighted by Gasteiger charge is 2.64. The topological polar surface area (TPSA) is 12.0 Å². The van der Waals surface area contributed by atoms with E-state index in [0.29, 0.717) is 15.5 Å². The van der Waals surface area contributed by atoms with Gasteiger partial charge in [0.15, 0.2) is 0 Å². The van der Waals surface area contributed by atoms with Crippen LogP contribution in [0.3, 0.4) is 0 Å². The first-order valence-corrected chi connectivity index (χ1v) is 6.08. The lowest BCUT2D eigenvalue weighted by atomic mass is 9.93. The molecular weight excluding hydrogens is 229 g/mol. The Bertz CT molecular complexity index is 418. The first-order valence-electron chi connectivity index (χ1n) is 5.32. The summed E-state index contributed by atoms with van der Waals surface area (Å²) in [6, 6.07) is 6.07. The van der Waals surface area contributed by atoms with Crippen LogP contribution in [0.1, 0.15) is 12.5 Å². The van der Waals surface area contributed by atoms with Crippen LogP contribution in [0.4, 0.5) is 0 Å². The van der Waals surface area contributed by atoms with Crippen LogP contribution in [0, 0.1) is 11.8 Å². The van der Waals surface area contributed by atoms with Crippen molar-refractivity contribution < 1.29 is 0 Å². The highest BCUT2D eigenvalue weighted by molar-refractivity contribution is 6.42. The van der Waals surface area contributed by atoms with Gasteiger partial charge < -0.3 is 5.32 Å². The fourth-order valence-corrected chi connectivity index (χ4v) is 3.47. The van der Waals surface area contributed by atoms with Crippen molar-refractivity contribution in [2.75, 3.05) is 13.1 Å². The summed E-state index contributed by atoms with van der Waals surface area (Å²) in [5, 5.41) is 4.77. The van der Waals surface area contributed by atoms with Crippen molar-refractivity contribution in [2.45, 2.75) is 12.3 Å². The first-order chi connectivity index (χ1) is 7.16. The van der Waals surface area contributed by atoms with Crippen LogP contribution in [0.2, 0.25) is 10.0 Å². The van der Waals surface area contributed by atoms with E-state index in [1.807, 2.05) is 12.1 Å². The van der Waals surface area contributed by atoms with Crippen molar-refractivity contribution in [3.8, 4) is 0 Å². The van der Waals surface area contributed by atoms with Gasteiger partial charge in [-0.15, -0.1) is 0 Å². The molecule has 1 heterocycles. The average Bonchev–Trinajstić information content (AvgIpc) is 2.64. The molecule has 2 fully saturated rings. The molecule has 15 heavy (non-hydrogen) atoms. The minimum atomic E-state index is 0.341. The monoisotopic (exact) mass is 241 g/mol. The van der Waals surface area contributed by atoms with Crippen LogP contribution >= 0.6 is 23.2 Å². The summed E-state index contributed by atoms with van der Waals surface area (Å²) in [5.41, 5.74) is 1.69. The summed E-state index contributed by atoms with van der Waals surface area (Å²) in [7, 11) is 0. The highest BCUT2D eigenvalue weighted by atomic mass is 35.5. The van der Waals surface area contributed by atoms with E-state index < -0.39 is 0 Å². The molecule has 0 amide bonds. The van der Waals surface area contributed by atoms with Crippen LogP contribution in [-0.2, 0) is 5.41 Å². The van der Waals surface area contributed by atoms with E-state index in [0.717, 1.165) is 24.9 Å². The minimum Gasteiger partial charge on any atom is -0.316 e. The molecule has 3 heteroatoms. The molecule has 0 aromatic heterocycles. The Balaban J connectivity index is 2.03. The van der Waals surface area contributed by atoms with Crippen molar-refractivity contribution in [2.24, 2.45) is 11.8 Å². The van der Waals surface area contributed by atoms with E-state index in [1.165, 1.54) is 5.56 Å². The van der Waals surface area contributed by atoms with E-state index >= 15 is 0 Å². The Kier molecular flexibility index (Phi) is 2.08. The predicted molar refractivity (Wildman–Crippen MR) is 63.7 cm³/mol. The van der Waals surface area contributed by atoms with Gasteiger partial charge in [0.1, 0.15) is 0 Å². The predicted octanol–water partition coefficient (Wildman–Crippen LogP) is 3.10. The molecule has 0 radical (unpaired) electrons. The molecule has 0 bridgehead atoms. The third-order valence-corrected chi connectivity index (χ3v) is 4.95. The molecular formula is C12H13Cl2N. The number of fused-ring (bicyclic) bond motifs is 1. The normalized spacial score (nSPS) is 37.8. The highest BCUT2D eigenvalue weighted by Crippen LogP contribution is 2.61. The molecule has 1 aromatic carbocycles. The quantitative estimate of drug-likeness (QED) is 0.797. The van der Waals surface area contributed by atoms with Crippen LogP contribution in [0.25, 0.3) is 0 Å². The van der Waals surface area contributed by atoms with E-state index in [2.05, 4.69) is 18.3 Å². The Morgan fingerprint density at radius 2 is 2.13 bits per heavy atom. The lowest BCUT2D eigenvalue weighted by Crippen LogP contribution is -2.22. The van der Waals surface area contributed by atoms with Gasteiger partial charge in [-0.1, -0.05) is 36.2 Å². The van der Waals surface area contributed by atoms with Gasteiger partial charge in [0.2, 0.25) is 0 Å². The summed E-state index contributed by atoms with van der Waals surface area (Å²) in [6.45, 7) is 4.55. The Morgan fingerprint density at radius 1 is 1.33 bits per heavy atom.